The molecule has 0 spiro atoms. The molecule has 0 radical (unpaired) electrons. The van der Waals surface area contributed by atoms with E-state index >= 15 is 0 Å². The molecule has 0 aliphatic heterocycles. The van der Waals surface area contributed by atoms with Gasteiger partial charge in [0.1, 0.15) is 0 Å². The normalized spacial score (nSPS) is 10.8. The smallest absolute Gasteiger partial charge is 0.371 e. The maximum Gasteiger partial charge on any atom is 0.371 e. The van der Waals surface area contributed by atoms with Crippen LogP contribution in [0.2, 0.25) is 0 Å². The molecule has 0 bridgehead atoms. The number of carboxylic acids is 1. The quantitative estimate of drug-likeness (QED) is 0.734. The Balaban J connectivity index is 1.86. The van der Waals surface area contributed by atoms with Gasteiger partial charge < -0.3 is 14.1 Å². The monoisotopic (exact) mass is 270 g/mol. The lowest BCUT2D eigenvalue weighted by atomic mass is 10.3. The highest BCUT2D eigenvalue weighted by atomic mass is 16.4. The Hall–Kier alpha value is -2.89. The van der Waals surface area contributed by atoms with E-state index in [4.69, 9.17) is 9.52 Å². The highest BCUT2D eigenvalue weighted by Crippen LogP contribution is 2.14. The standard InChI is InChI=1S/C14H10N2O4/c17-11(12-5-6-13(20-12)14(18)19)7-16-8-15-9-3-1-2-4-10(9)16/h1-6,8H,7H2,(H,18,19). The maximum atomic E-state index is 12.1. The van der Waals surface area contributed by atoms with Gasteiger partial charge >= 0.3 is 5.97 Å². The number of hydrogen-bond acceptors (Lipinski definition) is 4. The van der Waals surface area contributed by atoms with Gasteiger partial charge in [-0.25, -0.2) is 9.78 Å². The van der Waals surface area contributed by atoms with Crippen molar-refractivity contribution in [2.45, 2.75) is 6.54 Å². The van der Waals surface area contributed by atoms with Crippen LogP contribution in [0.4, 0.5) is 0 Å². The molecule has 2 heterocycles. The summed E-state index contributed by atoms with van der Waals surface area (Å²) in [6.07, 6.45) is 1.57. The van der Waals surface area contributed by atoms with Crippen LogP contribution in [0.5, 0.6) is 0 Å². The SMILES string of the molecule is O=C(O)c1ccc(C(=O)Cn2cnc3ccccc32)o1. The molecule has 0 atom stereocenters. The largest absolute Gasteiger partial charge is 0.475 e. The second-order valence-corrected chi connectivity index (χ2v) is 4.25. The summed E-state index contributed by atoms with van der Waals surface area (Å²) in [5.74, 6) is -1.72. The van der Waals surface area contributed by atoms with E-state index in [0.717, 1.165) is 11.0 Å². The van der Waals surface area contributed by atoms with E-state index in [-0.39, 0.29) is 23.8 Å². The molecule has 0 aliphatic rings. The molecule has 6 heteroatoms. The van der Waals surface area contributed by atoms with Gasteiger partial charge in [-0.15, -0.1) is 0 Å². The molecule has 1 aromatic carbocycles. The third-order valence-corrected chi connectivity index (χ3v) is 2.93. The summed E-state index contributed by atoms with van der Waals surface area (Å²) in [6.45, 7) is 0.0487. The van der Waals surface area contributed by atoms with Gasteiger partial charge in [0.15, 0.2) is 5.76 Å². The van der Waals surface area contributed by atoms with Crippen LogP contribution in [-0.2, 0) is 6.54 Å². The Morgan fingerprint density at radius 1 is 1.15 bits per heavy atom. The van der Waals surface area contributed by atoms with Gasteiger partial charge in [0, 0.05) is 0 Å². The number of carbonyl (C=O) groups excluding carboxylic acids is 1. The third-order valence-electron chi connectivity index (χ3n) is 2.93. The molecular weight excluding hydrogens is 260 g/mol. The molecule has 6 nitrogen and oxygen atoms in total. The van der Waals surface area contributed by atoms with E-state index in [2.05, 4.69) is 4.98 Å². The fourth-order valence-corrected chi connectivity index (χ4v) is 1.97. The minimum absolute atomic E-state index is 0.0279. The summed E-state index contributed by atoms with van der Waals surface area (Å²) >= 11 is 0. The minimum Gasteiger partial charge on any atom is -0.475 e. The number of para-hydroxylation sites is 2. The Labute approximate surface area is 113 Å². The average Bonchev–Trinajstić information content (AvgIpc) is 3.06. The van der Waals surface area contributed by atoms with E-state index in [1.165, 1.54) is 12.1 Å². The zero-order chi connectivity index (χ0) is 14.1. The molecule has 0 unspecified atom stereocenters. The lowest BCUT2D eigenvalue weighted by Crippen LogP contribution is -2.08. The first-order valence-electron chi connectivity index (χ1n) is 5.91. The number of hydrogen-bond donors (Lipinski definition) is 1. The number of nitrogens with zero attached hydrogens (tertiary/aromatic N) is 2. The van der Waals surface area contributed by atoms with Crippen LogP contribution in [0.25, 0.3) is 11.0 Å². The van der Waals surface area contributed by atoms with Crippen molar-refractivity contribution in [3.63, 3.8) is 0 Å². The number of benzene rings is 1. The summed E-state index contributed by atoms with van der Waals surface area (Å²) < 4.78 is 6.68. The van der Waals surface area contributed by atoms with E-state index in [1.807, 2.05) is 24.3 Å². The number of imidazole rings is 1. The predicted octanol–water partition coefficient (Wildman–Crippen LogP) is 2.21. The first-order chi connectivity index (χ1) is 9.65. The molecule has 100 valence electrons. The topological polar surface area (TPSA) is 85.3 Å². The summed E-state index contributed by atoms with van der Waals surface area (Å²) in [6, 6.07) is 10.1. The van der Waals surface area contributed by atoms with Crippen molar-refractivity contribution < 1.29 is 19.1 Å². The van der Waals surface area contributed by atoms with Crippen molar-refractivity contribution in [1.29, 1.82) is 0 Å². The Kier molecular flexibility index (Phi) is 2.83. The number of ketones is 1. The zero-order valence-corrected chi connectivity index (χ0v) is 10.3. The van der Waals surface area contributed by atoms with Crippen LogP contribution in [0.1, 0.15) is 21.1 Å². The molecule has 0 amide bonds. The highest BCUT2D eigenvalue weighted by Gasteiger charge is 2.16. The Bertz CT molecular complexity index is 800. The first kappa shape index (κ1) is 12.2. The molecule has 3 rings (SSSR count). The summed E-state index contributed by atoms with van der Waals surface area (Å²) in [5, 5.41) is 8.76. The van der Waals surface area contributed by atoms with Crippen LogP contribution in [0.3, 0.4) is 0 Å². The Morgan fingerprint density at radius 3 is 2.65 bits per heavy atom. The molecule has 0 saturated carbocycles. The summed E-state index contributed by atoms with van der Waals surface area (Å²) in [7, 11) is 0. The molecule has 0 saturated heterocycles. The predicted molar refractivity (Wildman–Crippen MR) is 69.7 cm³/mol. The second-order valence-electron chi connectivity index (χ2n) is 4.25. The maximum absolute atomic E-state index is 12.1. The van der Waals surface area contributed by atoms with Crippen LogP contribution < -0.4 is 0 Å². The van der Waals surface area contributed by atoms with E-state index in [0.29, 0.717) is 0 Å². The van der Waals surface area contributed by atoms with Crippen molar-refractivity contribution in [2.24, 2.45) is 0 Å². The second kappa shape index (κ2) is 4.65. The number of aromatic carboxylic acids is 1. The number of carboxylic acid groups (broad SMARTS) is 1. The number of rotatable bonds is 4. The van der Waals surface area contributed by atoms with Gasteiger partial charge in [-0.3, -0.25) is 4.79 Å². The van der Waals surface area contributed by atoms with E-state index < -0.39 is 5.97 Å². The van der Waals surface area contributed by atoms with Gasteiger partial charge in [-0.2, -0.15) is 0 Å². The van der Waals surface area contributed by atoms with Gasteiger partial charge in [0.05, 0.1) is 23.9 Å². The number of Topliss-reactive ketones (excluding diaryl/α,β-unsaturated/α-hetero) is 1. The molecule has 3 aromatic rings. The van der Waals surface area contributed by atoms with Crippen molar-refractivity contribution in [3.05, 3.63) is 54.2 Å². The van der Waals surface area contributed by atoms with Crippen molar-refractivity contribution >= 4 is 22.8 Å². The molecule has 20 heavy (non-hydrogen) atoms. The molecule has 2 aromatic heterocycles. The van der Waals surface area contributed by atoms with Gasteiger partial charge in [0.25, 0.3) is 0 Å². The number of carbonyl (C=O) groups is 2. The van der Waals surface area contributed by atoms with E-state index in [1.54, 1.807) is 10.9 Å². The first-order valence-corrected chi connectivity index (χ1v) is 5.91. The van der Waals surface area contributed by atoms with Gasteiger partial charge in [0.2, 0.25) is 11.5 Å². The summed E-state index contributed by atoms with van der Waals surface area (Å²) in [5.41, 5.74) is 1.64. The van der Waals surface area contributed by atoms with E-state index in [9.17, 15) is 9.59 Å². The van der Waals surface area contributed by atoms with Gasteiger partial charge in [-0.05, 0) is 24.3 Å². The Morgan fingerprint density at radius 2 is 1.90 bits per heavy atom. The zero-order valence-electron chi connectivity index (χ0n) is 10.3. The lowest BCUT2D eigenvalue weighted by Gasteiger charge is -2.01. The number of furan rings is 1. The van der Waals surface area contributed by atoms with Crippen LogP contribution in [-0.4, -0.2) is 26.4 Å². The fourth-order valence-electron chi connectivity index (χ4n) is 1.97. The van der Waals surface area contributed by atoms with Gasteiger partial charge in [-0.1, -0.05) is 12.1 Å². The molecule has 0 aliphatic carbocycles. The molecular formula is C14H10N2O4. The summed E-state index contributed by atoms with van der Waals surface area (Å²) in [4.78, 5) is 26.9. The number of fused-ring (bicyclic) bond motifs is 1. The molecule has 0 fully saturated rings. The molecule has 1 N–H and O–H groups in total. The van der Waals surface area contributed by atoms with Crippen LogP contribution in [0, 0.1) is 0 Å². The number of aromatic nitrogens is 2. The van der Waals surface area contributed by atoms with Crippen molar-refractivity contribution in [1.82, 2.24) is 9.55 Å². The van der Waals surface area contributed by atoms with Crippen molar-refractivity contribution in [2.75, 3.05) is 0 Å². The lowest BCUT2D eigenvalue weighted by molar-refractivity contribution is 0.0660. The third kappa shape index (κ3) is 2.07. The van der Waals surface area contributed by atoms with Crippen LogP contribution in [0.15, 0.2) is 47.1 Å². The minimum atomic E-state index is -1.20. The highest BCUT2D eigenvalue weighted by molar-refractivity contribution is 5.95. The fraction of sp³-hybridized carbons (Fsp3) is 0.0714. The van der Waals surface area contributed by atoms with Crippen LogP contribution >= 0.6 is 0 Å². The van der Waals surface area contributed by atoms with Crippen molar-refractivity contribution in [3.8, 4) is 0 Å². The average molecular weight is 270 g/mol.